The van der Waals surface area contributed by atoms with Gasteiger partial charge in [0.15, 0.2) is 0 Å². The molecule has 0 bridgehead atoms. The van der Waals surface area contributed by atoms with Gasteiger partial charge in [-0.1, -0.05) is 0 Å². The summed E-state index contributed by atoms with van der Waals surface area (Å²) >= 11 is 0. The van der Waals surface area contributed by atoms with Gasteiger partial charge in [0.2, 0.25) is 0 Å². The van der Waals surface area contributed by atoms with E-state index in [2.05, 4.69) is 42.4 Å². The average molecular weight is 361 g/mol. The quantitative estimate of drug-likeness (QED) is 0.585. The molecule has 0 radical (unpaired) electrons. The zero-order chi connectivity index (χ0) is 18.2. The van der Waals surface area contributed by atoms with Gasteiger partial charge < -0.3 is 4.98 Å². The van der Waals surface area contributed by atoms with Gasteiger partial charge in [0, 0.05) is 43.1 Å². The van der Waals surface area contributed by atoms with Gasteiger partial charge in [0.05, 0.1) is 17.6 Å². The standard InChI is InChI=1S/C20H23N7/c1-26-18(4-8-24-26)19-15(11-23-25-19)13-27-9-5-14(6-10-27)17-12-22-20-16(17)3-2-7-21-20/h2-4,7-8,11-12,14H,5-6,9-10,13H2,1H3,(H,21,22)(H,23,25). The van der Waals surface area contributed by atoms with E-state index in [0.717, 1.165) is 36.7 Å². The molecule has 0 amide bonds. The van der Waals surface area contributed by atoms with Gasteiger partial charge in [-0.3, -0.25) is 14.7 Å². The molecule has 0 saturated carbocycles. The van der Waals surface area contributed by atoms with Crippen molar-refractivity contribution in [3.8, 4) is 11.4 Å². The van der Waals surface area contributed by atoms with Crippen molar-refractivity contribution in [3.05, 3.63) is 54.1 Å². The van der Waals surface area contributed by atoms with Gasteiger partial charge in [0.25, 0.3) is 0 Å². The SMILES string of the molecule is Cn1nccc1-c1[nH]ncc1CN1CCC(c2c[nH]c3ncccc23)CC1. The maximum atomic E-state index is 4.42. The van der Waals surface area contributed by atoms with Gasteiger partial charge in [-0.15, -0.1) is 0 Å². The largest absolute Gasteiger partial charge is 0.346 e. The van der Waals surface area contributed by atoms with Gasteiger partial charge in [0.1, 0.15) is 5.65 Å². The van der Waals surface area contributed by atoms with E-state index in [9.17, 15) is 0 Å². The molecule has 0 atom stereocenters. The van der Waals surface area contributed by atoms with Crippen molar-refractivity contribution >= 4 is 11.0 Å². The number of fused-ring (bicyclic) bond motifs is 1. The van der Waals surface area contributed by atoms with Gasteiger partial charge in [-0.2, -0.15) is 10.2 Å². The summed E-state index contributed by atoms with van der Waals surface area (Å²) in [6, 6.07) is 6.22. The smallest absolute Gasteiger partial charge is 0.137 e. The second-order valence-corrected chi connectivity index (χ2v) is 7.30. The molecule has 7 nitrogen and oxygen atoms in total. The Balaban J connectivity index is 1.28. The van der Waals surface area contributed by atoms with E-state index in [4.69, 9.17) is 0 Å². The summed E-state index contributed by atoms with van der Waals surface area (Å²) in [5, 5.41) is 13.0. The van der Waals surface area contributed by atoms with Gasteiger partial charge in [-0.25, -0.2) is 4.98 Å². The first-order valence-electron chi connectivity index (χ1n) is 9.44. The summed E-state index contributed by atoms with van der Waals surface area (Å²) in [6.45, 7) is 3.10. The van der Waals surface area contributed by atoms with E-state index in [1.54, 1.807) is 0 Å². The lowest BCUT2D eigenvalue weighted by Gasteiger charge is -2.31. The van der Waals surface area contributed by atoms with Crippen LogP contribution in [0.25, 0.3) is 22.4 Å². The lowest BCUT2D eigenvalue weighted by atomic mass is 9.89. The van der Waals surface area contributed by atoms with Crippen LogP contribution in [0.4, 0.5) is 0 Å². The molecule has 5 heterocycles. The normalized spacial score (nSPS) is 16.3. The van der Waals surface area contributed by atoms with E-state index in [1.165, 1.54) is 29.4 Å². The second-order valence-electron chi connectivity index (χ2n) is 7.30. The first kappa shape index (κ1) is 16.3. The highest BCUT2D eigenvalue weighted by atomic mass is 15.3. The minimum absolute atomic E-state index is 0.597. The number of rotatable bonds is 4. The van der Waals surface area contributed by atoms with Crippen LogP contribution >= 0.6 is 0 Å². The highest BCUT2D eigenvalue weighted by Gasteiger charge is 2.24. The molecule has 1 saturated heterocycles. The lowest BCUT2D eigenvalue weighted by molar-refractivity contribution is 0.205. The number of aryl methyl sites for hydroxylation is 1. The van der Waals surface area contributed by atoms with Crippen molar-refractivity contribution in [3.63, 3.8) is 0 Å². The Morgan fingerprint density at radius 1 is 1.19 bits per heavy atom. The number of hydrogen-bond donors (Lipinski definition) is 2. The maximum absolute atomic E-state index is 4.42. The molecular weight excluding hydrogens is 338 g/mol. The molecule has 1 aliphatic heterocycles. The van der Waals surface area contributed by atoms with Crippen molar-refractivity contribution in [2.45, 2.75) is 25.3 Å². The van der Waals surface area contributed by atoms with E-state index in [-0.39, 0.29) is 0 Å². The number of aromatic amines is 2. The Hall–Kier alpha value is -2.93. The van der Waals surface area contributed by atoms with E-state index in [0.29, 0.717) is 5.92 Å². The maximum Gasteiger partial charge on any atom is 0.137 e. The molecule has 5 rings (SSSR count). The molecule has 138 valence electrons. The number of piperidine rings is 1. The molecule has 7 heteroatoms. The first-order valence-corrected chi connectivity index (χ1v) is 9.44. The second kappa shape index (κ2) is 6.66. The number of likely N-dealkylation sites (tertiary alicyclic amines) is 1. The van der Waals surface area contributed by atoms with Crippen LogP contribution in [0.3, 0.4) is 0 Å². The Morgan fingerprint density at radius 3 is 2.89 bits per heavy atom. The van der Waals surface area contributed by atoms with Gasteiger partial charge >= 0.3 is 0 Å². The van der Waals surface area contributed by atoms with Crippen molar-refractivity contribution in [1.82, 2.24) is 34.8 Å². The molecular formula is C20H23N7. The molecule has 4 aromatic heterocycles. The molecule has 1 aliphatic rings. The van der Waals surface area contributed by atoms with Crippen molar-refractivity contribution < 1.29 is 0 Å². The van der Waals surface area contributed by atoms with Crippen LogP contribution in [0.5, 0.6) is 0 Å². The Bertz CT molecular complexity index is 1050. The predicted molar refractivity (Wildman–Crippen MR) is 104 cm³/mol. The zero-order valence-corrected chi connectivity index (χ0v) is 15.4. The molecule has 1 fully saturated rings. The first-order chi connectivity index (χ1) is 13.3. The fraction of sp³-hybridized carbons (Fsp3) is 0.350. The topological polar surface area (TPSA) is 78.4 Å². The summed E-state index contributed by atoms with van der Waals surface area (Å²) in [5.41, 5.74) is 5.78. The Labute approximate surface area is 157 Å². The molecule has 27 heavy (non-hydrogen) atoms. The summed E-state index contributed by atoms with van der Waals surface area (Å²) < 4.78 is 1.88. The highest BCUT2D eigenvalue weighted by Crippen LogP contribution is 2.33. The lowest BCUT2D eigenvalue weighted by Crippen LogP contribution is -2.32. The summed E-state index contributed by atoms with van der Waals surface area (Å²) in [7, 11) is 1.96. The third kappa shape index (κ3) is 2.94. The summed E-state index contributed by atoms with van der Waals surface area (Å²) in [5.74, 6) is 0.597. The van der Waals surface area contributed by atoms with Crippen LogP contribution in [-0.2, 0) is 13.6 Å². The van der Waals surface area contributed by atoms with E-state index < -0.39 is 0 Å². The molecule has 0 aromatic carbocycles. The number of nitrogens with zero attached hydrogens (tertiary/aromatic N) is 5. The van der Waals surface area contributed by atoms with Crippen LogP contribution in [0, 0.1) is 0 Å². The number of hydrogen-bond acceptors (Lipinski definition) is 4. The van der Waals surface area contributed by atoms with Crippen LogP contribution in [-0.4, -0.2) is 47.9 Å². The van der Waals surface area contributed by atoms with Crippen molar-refractivity contribution in [2.75, 3.05) is 13.1 Å². The fourth-order valence-electron chi connectivity index (χ4n) is 4.23. The molecule has 0 spiro atoms. The van der Waals surface area contributed by atoms with E-state index in [1.807, 2.05) is 42.5 Å². The molecule has 2 N–H and O–H groups in total. The van der Waals surface area contributed by atoms with Crippen molar-refractivity contribution in [2.24, 2.45) is 7.05 Å². The van der Waals surface area contributed by atoms with Crippen LogP contribution in [0.2, 0.25) is 0 Å². The number of H-pyrrole nitrogens is 2. The predicted octanol–water partition coefficient (Wildman–Crippen LogP) is 3.07. The average Bonchev–Trinajstić information content (AvgIpc) is 3.42. The zero-order valence-electron chi connectivity index (χ0n) is 15.4. The van der Waals surface area contributed by atoms with Crippen LogP contribution in [0.1, 0.15) is 29.9 Å². The van der Waals surface area contributed by atoms with Gasteiger partial charge in [-0.05, 0) is 55.6 Å². The molecule has 4 aromatic rings. The highest BCUT2D eigenvalue weighted by molar-refractivity contribution is 5.80. The minimum atomic E-state index is 0.597. The van der Waals surface area contributed by atoms with Crippen molar-refractivity contribution in [1.29, 1.82) is 0 Å². The Morgan fingerprint density at radius 2 is 2.07 bits per heavy atom. The summed E-state index contributed by atoms with van der Waals surface area (Å²) in [6.07, 6.45) is 10.1. The van der Waals surface area contributed by atoms with E-state index >= 15 is 0 Å². The van der Waals surface area contributed by atoms with Crippen LogP contribution < -0.4 is 0 Å². The number of pyridine rings is 1. The molecule has 0 aliphatic carbocycles. The minimum Gasteiger partial charge on any atom is -0.346 e. The third-order valence-corrected chi connectivity index (χ3v) is 5.70. The number of nitrogens with one attached hydrogen (secondary N) is 2. The monoisotopic (exact) mass is 361 g/mol. The van der Waals surface area contributed by atoms with Crippen LogP contribution in [0.15, 0.2) is 43.0 Å². The Kier molecular flexibility index (Phi) is 4.01. The summed E-state index contributed by atoms with van der Waals surface area (Å²) in [4.78, 5) is 10.3. The fourth-order valence-corrected chi connectivity index (χ4v) is 4.23. The molecule has 0 unspecified atom stereocenters. The number of aromatic nitrogens is 6. The third-order valence-electron chi connectivity index (χ3n) is 5.70.